The van der Waals surface area contributed by atoms with Gasteiger partial charge < -0.3 is 4.74 Å². The van der Waals surface area contributed by atoms with Crippen LogP contribution in [0.4, 0.5) is 0 Å². The van der Waals surface area contributed by atoms with Crippen LogP contribution >= 0.6 is 0 Å². The highest BCUT2D eigenvalue weighted by Gasteiger charge is 1.96. The molecule has 0 atom stereocenters. The fourth-order valence-electron chi connectivity index (χ4n) is 0.618. The summed E-state index contributed by atoms with van der Waals surface area (Å²) in [6, 6.07) is 1.77. The molecule has 0 aliphatic rings. The van der Waals surface area contributed by atoms with Crippen molar-refractivity contribution in [1.29, 1.82) is 0 Å². The van der Waals surface area contributed by atoms with Crippen LogP contribution in [0.5, 0.6) is 6.01 Å². The highest BCUT2D eigenvalue weighted by molar-refractivity contribution is 5.71. The van der Waals surface area contributed by atoms with Gasteiger partial charge in [0.15, 0.2) is 6.29 Å². The quantitative estimate of drug-likeness (QED) is 0.598. The van der Waals surface area contributed by atoms with Crippen molar-refractivity contribution < 1.29 is 9.53 Å². The van der Waals surface area contributed by atoms with Crippen molar-refractivity contribution in [2.45, 2.75) is 6.92 Å². The molecule has 1 rings (SSSR count). The first-order valence-electron chi connectivity index (χ1n) is 3.28. The van der Waals surface area contributed by atoms with Crippen LogP contribution in [0.2, 0.25) is 0 Å². The molecule has 1 heterocycles. The van der Waals surface area contributed by atoms with Crippen molar-refractivity contribution in [3.63, 3.8) is 0 Å². The molecule has 0 N–H and O–H groups in total. The van der Waals surface area contributed by atoms with E-state index in [0.29, 0.717) is 18.6 Å². The Bertz CT molecular complexity index is 250. The summed E-state index contributed by atoms with van der Waals surface area (Å²) in [5, 5.41) is 0. The zero-order chi connectivity index (χ0) is 8.10. The van der Waals surface area contributed by atoms with E-state index in [1.54, 1.807) is 0 Å². The molecular weight excluding hydrogens is 144 g/mol. The summed E-state index contributed by atoms with van der Waals surface area (Å²) >= 11 is 0. The molecule has 0 fully saturated rings. The molecule has 1 aromatic heterocycles. The lowest BCUT2D eigenvalue weighted by atomic mass is 10.4. The van der Waals surface area contributed by atoms with Gasteiger partial charge in [0.25, 0.3) is 0 Å². The van der Waals surface area contributed by atoms with Crippen LogP contribution in [0.1, 0.15) is 17.4 Å². The fraction of sp³-hybridized carbons (Fsp3) is 0.286. The second-order valence-corrected chi connectivity index (χ2v) is 1.81. The molecular formula is C7H8N2O2. The molecule has 58 valence electrons. The molecule has 0 aromatic carbocycles. The predicted octanol–water partition coefficient (Wildman–Crippen LogP) is 0.688. The Kier molecular flexibility index (Phi) is 2.54. The van der Waals surface area contributed by atoms with Crippen molar-refractivity contribution >= 4 is 6.29 Å². The normalized spacial score (nSPS) is 9.18. The van der Waals surface area contributed by atoms with Crippen LogP contribution in [-0.2, 0) is 0 Å². The van der Waals surface area contributed by atoms with Gasteiger partial charge in [0.1, 0.15) is 5.69 Å². The topological polar surface area (TPSA) is 52.1 Å². The summed E-state index contributed by atoms with van der Waals surface area (Å²) in [5.74, 6) is 0. The average molecular weight is 152 g/mol. The summed E-state index contributed by atoms with van der Waals surface area (Å²) in [6.07, 6.45) is 2.14. The molecule has 0 amide bonds. The lowest BCUT2D eigenvalue weighted by Gasteiger charge is -1.98. The number of rotatable bonds is 3. The molecule has 0 unspecified atom stereocenters. The summed E-state index contributed by atoms with van der Waals surface area (Å²) in [7, 11) is 0. The van der Waals surface area contributed by atoms with E-state index in [1.807, 2.05) is 6.92 Å². The van der Waals surface area contributed by atoms with Crippen LogP contribution in [0, 0.1) is 0 Å². The van der Waals surface area contributed by atoms with Crippen molar-refractivity contribution in [1.82, 2.24) is 9.97 Å². The fourth-order valence-corrected chi connectivity index (χ4v) is 0.618. The first-order chi connectivity index (χ1) is 5.36. The molecule has 1 aromatic rings. The number of carbonyl (C=O) groups is 1. The largest absolute Gasteiger partial charge is 0.464 e. The Morgan fingerprint density at radius 2 is 2.55 bits per heavy atom. The van der Waals surface area contributed by atoms with E-state index in [1.165, 1.54) is 12.3 Å². The third kappa shape index (κ3) is 2.00. The summed E-state index contributed by atoms with van der Waals surface area (Å²) in [4.78, 5) is 17.8. The summed E-state index contributed by atoms with van der Waals surface area (Å²) in [6.45, 7) is 2.33. The summed E-state index contributed by atoms with van der Waals surface area (Å²) in [5.41, 5.74) is 0.337. The van der Waals surface area contributed by atoms with Crippen molar-refractivity contribution in [3.05, 3.63) is 18.0 Å². The van der Waals surface area contributed by atoms with Crippen LogP contribution in [0.3, 0.4) is 0 Å². The number of hydrogen-bond donors (Lipinski definition) is 0. The van der Waals surface area contributed by atoms with Crippen molar-refractivity contribution in [2.75, 3.05) is 6.61 Å². The van der Waals surface area contributed by atoms with Gasteiger partial charge in [0.2, 0.25) is 0 Å². The SMILES string of the molecule is CCOc1nccc(C=O)n1. The zero-order valence-electron chi connectivity index (χ0n) is 6.15. The maximum atomic E-state index is 10.2. The van der Waals surface area contributed by atoms with Crippen molar-refractivity contribution in [2.24, 2.45) is 0 Å². The van der Waals surface area contributed by atoms with Gasteiger partial charge in [-0.05, 0) is 13.0 Å². The Hall–Kier alpha value is -1.45. The smallest absolute Gasteiger partial charge is 0.316 e. The Labute approximate surface area is 64.2 Å². The van der Waals surface area contributed by atoms with Crippen LogP contribution in [-0.4, -0.2) is 22.9 Å². The molecule has 0 bridgehead atoms. The van der Waals surface area contributed by atoms with Crippen molar-refractivity contribution in [3.8, 4) is 6.01 Å². The molecule has 0 saturated heterocycles. The standard InChI is InChI=1S/C7H8N2O2/c1-2-11-7-8-4-3-6(5-10)9-7/h3-5H,2H2,1H3. The third-order valence-electron chi connectivity index (χ3n) is 1.05. The highest BCUT2D eigenvalue weighted by Crippen LogP contribution is 1.99. The minimum Gasteiger partial charge on any atom is -0.464 e. The zero-order valence-corrected chi connectivity index (χ0v) is 6.15. The number of ether oxygens (including phenoxy) is 1. The number of nitrogens with zero attached hydrogens (tertiary/aromatic N) is 2. The van der Waals surface area contributed by atoms with Gasteiger partial charge in [-0.25, -0.2) is 4.98 Å². The molecule has 0 radical (unpaired) electrons. The van der Waals surface area contributed by atoms with E-state index in [-0.39, 0.29) is 6.01 Å². The van der Waals surface area contributed by atoms with Gasteiger partial charge in [-0.2, -0.15) is 4.98 Å². The van der Waals surface area contributed by atoms with Crippen LogP contribution in [0.15, 0.2) is 12.3 Å². The van der Waals surface area contributed by atoms with E-state index in [4.69, 9.17) is 4.74 Å². The Morgan fingerprint density at radius 1 is 1.73 bits per heavy atom. The van der Waals surface area contributed by atoms with Gasteiger partial charge >= 0.3 is 6.01 Å². The van der Waals surface area contributed by atoms with Crippen LogP contribution < -0.4 is 4.74 Å². The Morgan fingerprint density at radius 3 is 3.18 bits per heavy atom. The second kappa shape index (κ2) is 3.65. The molecule has 0 aliphatic heterocycles. The maximum absolute atomic E-state index is 10.2. The van der Waals surface area contributed by atoms with Crippen LogP contribution in [0.25, 0.3) is 0 Å². The van der Waals surface area contributed by atoms with E-state index < -0.39 is 0 Å². The predicted molar refractivity (Wildman–Crippen MR) is 38.6 cm³/mol. The lowest BCUT2D eigenvalue weighted by molar-refractivity contribution is 0.111. The molecule has 0 aliphatic carbocycles. The average Bonchev–Trinajstić information content (AvgIpc) is 2.06. The summed E-state index contributed by atoms with van der Waals surface area (Å²) < 4.78 is 4.97. The first kappa shape index (κ1) is 7.65. The third-order valence-corrected chi connectivity index (χ3v) is 1.05. The van der Waals surface area contributed by atoms with E-state index in [0.717, 1.165) is 0 Å². The molecule has 4 nitrogen and oxygen atoms in total. The van der Waals surface area contributed by atoms with E-state index in [2.05, 4.69) is 9.97 Å². The highest BCUT2D eigenvalue weighted by atomic mass is 16.5. The molecule has 0 saturated carbocycles. The molecule has 4 heteroatoms. The Balaban J connectivity index is 2.82. The number of aromatic nitrogens is 2. The van der Waals surface area contributed by atoms with Gasteiger partial charge in [-0.3, -0.25) is 4.79 Å². The maximum Gasteiger partial charge on any atom is 0.316 e. The number of aldehydes is 1. The minimum absolute atomic E-state index is 0.247. The molecule has 0 spiro atoms. The number of hydrogen-bond acceptors (Lipinski definition) is 4. The van der Waals surface area contributed by atoms with E-state index in [9.17, 15) is 4.79 Å². The van der Waals surface area contributed by atoms with Gasteiger partial charge in [-0.1, -0.05) is 0 Å². The lowest BCUT2D eigenvalue weighted by Crippen LogP contribution is -1.98. The van der Waals surface area contributed by atoms with Gasteiger partial charge in [0.05, 0.1) is 6.61 Å². The van der Waals surface area contributed by atoms with Gasteiger partial charge in [-0.15, -0.1) is 0 Å². The van der Waals surface area contributed by atoms with Gasteiger partial charge in [0, 0.05) is 6.20 Å². The second-order valence-electron chi connectivity index (χ2n) is 1.81. The van der Waals surface area contributed by atoms with E-state index >= 15 is 0 Å². The number of carbonyl (C=O) groups excluding carboxylic acids is 1. The molecule has 11 heavy (non-hydrogen) atoms. The first-order valence-corrected chi connectivity index (χ1v) is 3.28. The minimum atomic E-state index is 0.247. The monoisotopic (exact) mass is 152 g/mol.